The molecule has 2 aliphatic rings. The standard InChI is InChI=1S/C24H27N5O5/c1-32-27-19-13-20(23-26-21(28-34-23)11-12-33-22(30)14-25)29(15-19)24(31)18-9-7-17(8-10-18)16-5-3-2-4-6-16/h3,5-10,20H,2,4,11-15,25H2,1H3/t20-/m0/s1. The number of esters is 1. The van der Waals surface area contributed by atoms with E-state index in [1.54, 1.807) is 4.90 Å². The van der Waals surface area contributed by atoms with Crippen LogP contribution in [-0.4, -0.2) is 59.4 Å². The molecule has 2 heterocycles. The van der Waals surface area contributed by atoms with Crippen LogP contribution in [0.3, 0.4) is 0 Å². The van der Waals surface area contributed by atoms with Gasteiger partial charge in [-0.2, -0.15) is 4.98 Å². The smallest absolute Gasteiger partial charge is 0.319 e. The molecule has 0 radical (unpaired) electrons. The quantitative estimate of drug-likeness (QED) is 0.464. The van der Waals surface area contributed by atoms with E-state index in [-0.39, 0.29) is 25.5 Å². The molecule has 178 valence electrons. The Bertz CT molecular complexity index is 1120. The fourth-order valence-corrected chi connectivity index (χ4v) is 3.95. The molecule has 10 heteroatoms. The fourth-order valence-electron chi connectivity index (χ4n) is 3.95. The molecule has 1 aliphatic heterocycles. The predicted octanol–water partition coefficient (Wildman–Crippen LogP) is 2.44. The van der Waals surface area contributed by atoms with Crippen LogP contribution in [0.25, 0.3) is 5.57 Å². The van der Waals surface area contributed by atoms with Crippen molar-refractivity contribution in [3.8, 4) is 0 Å². The summed E-state index contributed by atoms with van der Waals surface area (Å²) in [5, 5.41) is 7.99. The minimum Gasteiger partial charge on any atom is -0.464 e. The second-order valence-corrected chi connectivity index (χ2v) is 7.93. The van der Waals surface area contributed by atoms with Crippen molar-refractivity contribution in [2.75, 3.05) is 26.8 Å². The number of hydrogen-bond donors (Lipinski definition) is 1. The van der Waals surface area contributed by atoms with E-state index in [4.69, 9.17) is 19.8 Å². The number of benzene rings is 1. The normalized spacial score (nSPS) is 18.8. The number of carbonyl (C=O) groups is 2. The number of likely N-dealkylation sites (tertiary alicyclic amines) is 1. The molecule has 1 saturated heterocycles. The zero-order chi connectivity index (χ0) is 23.9. The number of hydrogen-bond acceptors (Lipinski definition) is 9. The van der Waals surface area contributed by atoms with Gasteiger partial charge in [-0.05, 0) is 36.1 Å². The first kappa shape index (κ1) is 23.4. The van der Waals surface area contributed by atoms with Crippen LogP contribution in [0.4, 0.5) is 0 Å². The average Bonchev–Trinajstić information content (AvgIpc) is 3.51. The first-order valence-electron chi connectivity index (χ1n) is 11.1. The number of rotatable bonds is 8. The Hall–Kier alpha value is -3.79. The molecule has 1 fully saturated rings. The number of carbonyl (C=O) groups excluding carboxylic acids is 2. The Balaban J connectivity index is 1.49. The van der Waals surface area contributed by atoms with Crippen molar-refractivity contribution in [2.45, 2.75) is 31.7 Å². The van der Waals surface area contributed by atoms with Crippen molar-refractivity contribution < 1.29 is 23.7 Å². The molecule has 1 aliphatic carbocycles. The fraction of sp³-hybridized carbons (Fsp3) is 0.375. The third kappa shape index (κ3) is 5.40. The molecule has 2 N–H and O–H groups in total. The second kappa shape index (κ2) is 10.9. The van der Waals surface area contributed by atoms with E-state index in [2.05, 4.69) is 33.5 Å². The van der Waals surface area contributed by atoms with Gasteiger partial charge in [0.2, 0.25) is 5.89 Å². The highest BCUT2D eigenvalue weighted by atomic mass is 16.6. The maximum absolute atomic E-state index is 13.4. The van der Waals surface area contributed by atoms with Gasteiger partial charge in [-0.3, -0.25) is 9.59 Å². The second-order valence-electron chi connectivity index (χ2n) is 7.93. The van der Waals surface area contributed by atoms with Gasteiger partial charge in [0.15, 0.2) is 5.82 Å². The summed E-state index contributed by atoms with van der Waals surface area (Å²) in [6.07, 6.45) is 9.23. The van der Waals surface area contributed by atoms with E-state index >= 15 is 0 Å². The van der Waals surface area contributed by atoms with Crippen molar-refractivity contribution in [3.05, 3.63) is 65.3 Å². The molecule has 1 atom stereocenters. The summed E-state index contributed by atoms with van der Waals surface area (Å²) in [6.45, 7) is 0.197. The molecule has 2 aromatic rings. The Labute approximate surface area is 197 Å². The Morgan fingerprint density at radius 3 is 2.79 bits per heavy atom. The largest absolute Gasteiger partial charge is 0.464 e. The lowest BCUT2D eigenvalue weighted by Gasteiger charge is -2.21. The van der Waals surface area contributed by atoms with E-state index in [0.29, 0.717) is 36.0 Å². The van der Waals surface area contributed by atoms with Crippen LogP contribution in [-0.2, 0) is 20.8 Å². The highest BCUT2D eigenvalue weighted by Crippen LogP contribution is 2.32. The van der Waals surface area contributed by atoms with Gasteiger partial charge in [0.05, 0.1) is 25.4 Å². The van der Waals surface area contributed by atoms with Gasteiger partial charge in [-0.25, -0.2) is 0 Å². The van der Waals surface area contributed by atoms with Crippen LogP contribution in [0.15, 0.2) is 52.2 Å². The molecule has 1 aromatic carbocycles. The minimum absolute atomic E-state index is 0.0939. The third-order valence-corrected chi connectivity index (χ3v) is 5.62. The van der Waals surface area contributed by atoms with Gasteiger partial charge in [0, 0.05) is 18.4 Å². The van der Waals surface area contributed by atoms with Crippen LogP contribution < -0.4 is 5.73 Å². The minimum atomic E-state index is -0.501. The molecule has 34 heavy (non-hydrogen) atoms. The number of oxime groups is 1. The summed E-state index contributed by atoms with van der Waals surface area (Å²) >= 11 is 0. The molecule has 10 nitrogen and oxygen atoms in total. The monoisotopic (exact) mass is 465 g/mol. The summed E-state index contributed by atoms with van der Waals surface area (Å²) in [5.41, 5.74) is 8.72. The van der Waals surface area contributed by atoms with E-state index in [9.17, 15) is 9.59 Å². The Morgan fingerprint density at radius 2 is 2.09 bits per heavy atom. The third-order valence-electron chi connectivity index (χ3n) is 5.62. The molecule has 4 rings (SSSR count). The average molecular weight is 466 g/mol. The summed E-state index contributed by atoms with van der Waals surface area (Å²) in [7, 11) is 1.47. The molecular formula is C24H27N5O5. The van der Waals surface area contributed by atoms with E-state index < -0.39 is 12.0 Å². The lowest BCUT2D eigenvalue weighted by Crippen LogP contribution is -2.31. The van der Waals surface area contributed by atoms with Gasteiger partial charge in [0.1, 0.15) is 13.2 Å². The van der Waals surface area contributed by atoms with E-state index in [0.717, 1.165) is 24.0 Å². The van der Waals surface area contributed by atoms with Crippen molar-refractivity contribution in [1.82, 2.24) is 15.0 Å². The summed E-state index contributed by atoms with van der Waals surface area (Å²) in [5.74, 6) is 0.00704. The molecule has 1 amide bonds. The van der Waals surface area contributed by atoms with Crippen LogP contribution in [0.5, 0.6) is 0 Å². The zero-order valence-corrected chi connectivity index (χ0v) is 19.0. The number of nitrogens with zero attached hydrogens (tertiary/aromatic N) is 4. The van der Waals surface area contributed by atoms with Gasteiger partial charge in [0.25, 0.3) is 5.91 Å². The molecular weight excluding hydrogens is 438 g/mol. The van der Waals surface area contributed by atoms with Crippen LogP contribution in [0.2, 0.25) is 0 Å². The first-order chi connectivity index (χ1) is 16.6. The first-order valence-corrected chi connectivity index (χ1v) is 11.1. The lowest BCUT2D eigenvalue weighted by molar-refractivity contribution is -0.141. The Morgan fingerprint density at radius 1 is 1.26 bits per heavy atom. The summed E-state index contributed by atoms with van der Waals surface area (Å²) < 4.78 is 10.4. The van der Waals surface area contributed by atoms with E-state index in [1.165, 1.54) is 7.11 Å². The zero-order valence-electron chi connectivity index (χ0n) is 19.0. The molecule has 1 aromatic heterocycles. The maximum atomic E-state index is 13.4. The van der Waals surface area contributed by atoms with E-state index in [1.807, 2.05) is 24.3 Å². The van der Waals surface area contributed by atoms with Gasteiger partial charge < -0.3 is 24.7 Å². The van der Waals surface area contributed by atoms with Gasteiger partial charge in [-0.15, -0.1) is 0 Å². The van der Waals surface area contributed by atoms with Crippen molar-refractivity contribution in [2.24, 2.45) is 10.9 Å². The molecule has 0 spiro atoms. The maximum Gasteiger partial charge on any atom is 0.319 e. The molecule has 0 unspecified atom stereocenters. The number of nitrogens with two attached hydrogens (primary N) is 1. The number of amides is 1. The number of ether oxygens (including phenoxy) is 1. The van der Waals surface area contributed by atoms with Gasteiger partial charge in [-0.1, -0.05) is 40.7 Å². The Kier molecular flexibility index (Phi) is 7.48. The van der Waals surface area contributed by atoms with Crippen molar-refractivity contribution in [3.63, 3.8) is 0 Å². The highest BCUT2D eigenvalue weighted by Gasteiger charge is 2.38. The predicted molar refractivity (Wildman–Crippen MR) is 124 cm³/mol. The van der Waals surface area contributed by atoms with Crippen LogP contribution in [0.1, 0.15) is 52.9 Å². The molecule has 0 saturated carbocycles. The summed E-state index contributed by atoms with van der Waals surface area (Å²) in [4.78, 5) is 35.6. The van der Waals surface area contributed by atoms with Crippen LogP contribution >= 0.6 is 0 Å². The number of aromatic nitrogens is 2. The summed E-state index contributed by atoms with van der Waals surface area (Å²) in [6, 6.07) is 7.09. The topological polar surface area (TPSA) is 133 Å². The number of allylic oxidation sites excluding steroid dienone is 4. The lowest BCUT2D eigenvalue weighted by atomic mass is 9.98. The molecule has 0 bridgehead atoms. The van der Waals surface area contributed by atoms with Gasteiger partial charge >= 0.3 is 5.97 Å². The van der Waals surface area contributed by atoms with Crippen molar-refractivity contribution >= 4 is 23.2 Å². The van der Waals surface area contributed by atoms with Crippen LogP contribution in [0, 0.1) is 0 Å². The van der Waals surface area contributed by atoms with Crippen molar-refractivity contribution in [1.29, 1.82) is 0 Å². The SMILES string of the molecule is CON=C1C[C@@H](c2nc(CCOC(=O)CN)no2)N(C(=O)c2ccc(C3=CCCC=C3)cc2)C1. The highest BCUT2D eigenvalue weighted by molar-refractivity contribution is 6.00.